The fourth-order valence-electron chi connectivity index (χ4n) is 3.24. The Morgan fingerprint density at radius 2 is 1.68 bits per heavy atom. The number of nitrogens with one attached hydrogen (secondary N) is 1. The van der Waals surface area contributed by atoms with Gasteiger partial charge in [0.1, 0.15) is 11.4 Å². The molecule has 0 saturated carbocycles. The molecule has 2 aromatic carbocycles. The van der Waals surface area contributed by atoms with Gasteiger partial charge in [-0.3, -0.25) is 9.59 Å². The molecule has 28 heavy (non-hydrogen) atoms. The number of rotatable bonds is 6. The van der Waals surface area contributed by atoms with Gasteiger partial charge in [0, 0.05) is 24.2 Å². The molecule has 5 heteroatoms. The van der Waals surface area contributed by atoms with Crippen LogP contribution in [0.5, 0.6) is 5.75 Å². The summed E-state index contributed by atoms with van der Waals surface area (Å²) in [4.78, 5) is 27.6. The number of carbonyl (C=O) groups excluding carboxylic acids is 2. The number of benzene rings is 2. The number of para-hydroxylation sites is 1. The topological polar surface area (TPSA) is 58.6 Å². The van der Waals surface area contributed by atoms with Crippen LogP contribution in [0, 0.1) is 0 Å². The van der Waals surface area contributed by atoms with Crippen molar-refractivity contribution >= 4 is 17.9 Å². The van der Waals surface area contributed by atoms with Crippen LogP contribution in [-0.2, 0) is 4.79 Å². The Bertz CT molecular complexity index is 840. The average molecular weight is 378 g/mol. The van der Waals surface area contributed by atoms with Gasteiger partial charge in [0.15, 0.2) is 0 Å². The smallest absolute Gasteiger partial charge is 0.270 e. The minimum absolute atomic E-state index is 0.157. The molecular weight excluding hydrogens is 352 g/mol. The van der Waals surface area contributed by atoms with Gasteiger partial charge in [0.2, 0.25) is 0 Å². The van der Waals surface area contributed by atoms with Crippen molar-refractivity contribution in [3.63, 3.8) is 0 Å². The molecule has 0 spiro atoms. The molecule has 2 aromatic rings. The third-order valence-corrected chi connectivity index (χ3v) is 4.68. The van der Waals surface area contributed by atoms with Crippen LogP contribution in [0.1, 0.15) is 42.1 Å². The van der Waals surface area contributed by atoms with E-state index >= 15 is 0 Å². The highest BCUT2D eigenvalue weighted by Gasteiger charge is 2.22. The van der Waals surface area contributed by atoms with Gasteiger partial charge in [-0.1, -0.05) is 36.4 Å². The molecule has 0 atom stereocenters. The lowest BCUT2D eigenvalue weighted by Gasteiger charge is -2.27. The number of nitrogens with zero attached hydrogens (tertiary/aromatic N) is 1. The number of likely N-dealkylation sites (tertiary alicyclic amines) is 1. The molecule has 1 aliphatic heterocycles. The Balaban J connectivity index is 1.92. The van der Waals surface area contributed by atoms with Crippen molar-refractivity contribution in [3.8, 4) is 5.75 Å². The molecule has 1 heterocycles. The molecule has 3 rings (SSSR count). The van der Waals surface area contributed by atoms with E-state index in [0.29, 0.717) is 31.0 Å². The van der Waals surface area contributed by atoms with Crippen LogP contribution in [0.3, 0.4) is 0 Å². The number of piperidine rings is 1. The summed E-state index contributed by atoms with van der Waals surface area (Å²) in [6.07, 6.45) is 4.82. The maximum absolute atomic E-state index is 13.1. The third-order valence-electron chi connectivity index (χ3n) is 4.68. The first-order valence-corrected chi connectivity index (χ1v) is 9.78. The van der Waals surface area contributed by atoms with Crippen molar-refractivity contribution in [1.29, 1.82) is 0 Å². The predicted octanol–water partition coefficient (Wildman–Crippen LogP) is 3.87. The van der Waals surface area contributed by atoms with Crippen molar-refractivity contribution < 1.29 is 14.3 Å². The van der Waals surface area contributed by atoms with E-state index in [0.717, 1.165) is 24.8 Å². The van der Waals surface area contributed by atoms with Crippen molar-refractivity contribution in [1.82, 2.24) is 10.2 Å². The maximum atomic E-state index is 13.1. The van der Waals surface area contributed by atoms with Crippen LogP contribution in [0.25, 0.3) is 6.08 Å². The molecule has 0 radical (unpaired) electrons. The largest absolute Gasteiger partial charge is 0.493 e. The predicted molar refractivity (Wildman–Crippen MR) is 110 cm³/mol. The number of hydrogen-bond donors (Lipinski definition) is 1. The molecule has 146 valence electrons. The second-order valence-corrected chi connectivity index (χ2v) is 6.70. The van der Waals surface area contributed by atoms with Gasteiger partial charge in [-0.2, -0.15) is 0 Å². The second-order valence-electron chi connectivity index (χ2n) is 6.70. The van der Waals surface area contributed by atoms with E-state index in [1.54, 1.807) is 30.3 Å². The first-order chi connectivity index (χ1) is 13.7. The Morgan fingerprint density at radius 3 is 2.39 bits per heavy atom. The SMILES string of the molecule is CCOc1ccccc1/C=C(/NC(=O)c1ccccc1)C(=O)N1CCCCC1. The van der Waals surface area contributed by atoms with Crippen molar-refractivity contribution in [2.24, 2.45) is 0 Å². The summed E-state index contributed by atoms with van der Waals surface area (Å²) in [5.41, 5.74) is 1.54. The molecule has 5 nitrogen and oxygen atoms in total. The summed E-state index contributed by atoms with van der Waals surface area (Å²) < 4.78 is 5.67. The molecule has 1 saturated heterocycles. The lowest BCUT2D eigenvalue weighted by molar-refractivity contribution is -0.128. The average Bonchev–Trinajstić information content (AvgIpc) is 2.75. The van der Waals surface area contributed by atoms with Crippen LogP contribution in [0.4, 0.5) is 0 Å². The number of carbonyl (C=O) groups is 2. The monoisotopic (exact) mass is 378 g/mol. The van der Waals surface area contributed by atoms with Gasteiger partial charge in [0.05, 0.1) is 6.61 Å². The maximum Gasteiger partial charge on any atom is 0.270 e. The highest BCUT2D eigenvalue weighted by atomic mass is 16.5. The zero-order valence-corrected chi connectivity index (χ0v) is 16.2. The zero-order chi connectivity index (χ0) is 19.8. The van der Waals surface area contributed by atoms with Crippen LogP contribution < -0.4 is 10.1 Å². The summed E-state index contributed by atoms with van der Waals surface area (Å²) in [6, 6.07) is 16.4. The van der Waals surface area contributed by atoms with Gasteiger partial charge in [-0.05, 0) is 50.5 Å². The first kappa shape index (κ1) is 19.7. The molecule has 0 aliphatic carbocycles. The lowest BCUT2D eigenvalue weighted by Crippen LogP contribution is -2.41. The molecule has 1 N–H and O–H groups in total. The molecule has 0 bridgehead atoms. The third kappa shape index (κ3) is 5.00. The highest BCUT2D eigenvalue weighted by Crippen LogP contribution is 2.22. The number of amides is 2. The fraction of sp³-hybridized carbons (Fsp3) is 0.304. The van der Waals surface area contributed by atoms with Gasteiger partial charge in [0.25, 0.3) is 11.8 Å². The van der Waals surface area contributed by atoms with Gasteiger partial charge in [-0.15, -0.1) is 0 Å². The minimum Gasteiger partial charge on any atom is -0.493 e. The fourth-order valence-corrected chi connectivity index (χ4v) is 3.24. The molecule has 1 fully saturated rings. The van der Waals surface area contributed by atoms with Crippen molar-refractivity contribution in [2.75, 3.05) is 19.7 Å². The second kappa shape index (κ2) is 9.74. The van der Waals surface area contributed by atoms with E-state index in [-0.39, 0.29) is 17.5 Å². The van der Waals surface area contributed by atoms with E-state index in [4.69, 9.17) is 4.74 Å². The van der Waals surface area contributed by atoms with Crippen LogP contribution >= 0.6 is 0 Å². The minimum atomic E-state index is -0.300. The van der Waals surface area contributed by atoms with Crippen molar-refractivity contribution in [3.05, 3.63) is 71.4 Å². The van der Waals surface area contributed by atoms with Gasteiger partial charge < -0.3 is 15.0 Å². The zero-order valence-electron chi connectivity index (χ0n) is 16.2. The Kier molecular flexibility index (Phi) is 6.84. The molecular formula is C23H26N2O3. The molecule has 0 unspecified atom stereocenters. The summed E-state index contributed by atoms with van der Waals surface area (Å²) in [7, 11) is 0. The molecule has 0 aromatic heterocycles. The quantitative estimate of drug-likeness (QED) is 0.777. The normalized spacial score (nSPS) is 14.5. The van der Waals surface area contributed by atoms with Crippen LogP contribution in [-0.4, -0.2) is 36.4 Å². The van der Waals surface area contributed by atoms with Crippen LogP contribution in [0.2, 0.25) is 0 Å². The highest BCUT2D eigenvalue weighted by molar-refractivity contribution is 6.05. The standard InChI is InChI=1S/C23H26N2O3/c1-2-28-21-14-8-7-13-19(21)17-20(23(27)25-15-9-4-10-16-25)24-22(26)18-11-5-3-6-12-18/h3,5-8,11-14,17H,2,4,9-10,15-16H2,1H3,(H,24,26)/b20-17+. The Hall–Kier alpha value is -3.08. The first-order valence-electron chi connectivity index (χ1n) is 9.78. The lowest BCUT2D eigenvalue weighted by atomic mass is 10.1. The van der Waals surface area contributed by atoms with E-state index in [1.165, 1.54) is 0 Å². The Labute approximate surface area is 166 Å². The number of ether oxygens (including phenoxy) is 1. The van der Waals surface area contributed by atoms with Gasteiger partial charge in [-0.25, -0.2) is 0 Å². The van der Waals surface area contributed by atoms with E-state index in [9.17, 15) is 9.59 Å². The van der Waals surface area contributed by atoms with Gasteiger partial charge >= 0.3 is 0 Å². The van der Waals surface area contributed by atoms with Crippen LogP contribution in [0.15, 0.2) is 60.3 Å². The number of hydrogen-bond acceptors (Lipinski definition) is 3. The summed E-state index contributed by atoms with van der Waals surface area (Å²) in [5.74, 6) is 0.226. The summed E-state index contributed by atoms with van der Waals surface area (Å²) in [5, 5.41) is 2.82. The molecule has 2 amide bonds. The summed E-state index contributed by atoms with van der Waals surface area (Å²) >= 11 is 0. The molecule has 1 aliphatic rings. The summed E-state index contributed by atoms with van der Waals surface area (Å²) in [6.45, 7) is 3.86. The van der Waals surface area contributed by atoms with E-state index < -0.39 is 0 Å². The van der Waals surface area contributed by atoms with Crippen molar-refractivity contribution in [2.45, 2.75) is 26.2 Å². The van der Waals surface area contributed by atoms with E-state index in [1.807, 2.05) is 42.2 Å². The Morgan fingerprint density at radius 1 is 1.00 bits per heavy atom. The van der Waals surface area contributed by atoms with E-state index in [2.05, 4.69) is 5.32 Å².